The normalized spacial score (nSPS) is 23.2. The van der Waals surface area contributed by atoms with Crippen LogP contribution in [0, 0.1) is 0 Å². The van der Waals surface area contributed by atoms with Gasteiger partial charge in [0.1, 0.15) is 0 Å². The van der Waals surface area contributed by atoms with Gasteiger partial charge in [-0.05, 0) is 6.92 Å². The van der Waals surface area contributed by atoms with Crippen LogP contribution in [0.25, 0.3) is 0 Å². The van der Waals surface area contributed by atoms with Crippen molar-refractivity contribution in [3.63, 3.8) is 0 Å². The molecule has 1 heterocycles. The molecule has 1 fully saturated rings. The van der Waals surface area contributed by atoms with Crippen LogP contribution in [0.2, 0.25) is 0 Å². The molecule has 0 aromatic heterocycles. The van der Waals surface area contributed by atoms with E-state index in [0.29, 0.717) is 19.3 Å². The Labute approximate surface area is 97.8 Å². The number of rotatable bonds is 8. The van der Waals surface area contributed by atoms with E-state index in [1.54, 1.807) is 7.11 Å². The van der Waals surface area contributed by atoms with Gasteiger partial charge in [-0.2, -0.15) is 0 Å². The monoisotopic (exact) mass is 232 g/mol. The summed E-state index contributed by atoms with van der Waals surface area (Å²) in [5, 5.41) is 6.74. The molecular weight excluding hydrogens is 208 g/mol. The fourth-order valence-electron chi connectivity index (χ4n) is 1.55. The van der Waals surface area contributed by atoms with Crippen LogP contribution in [0.3, 0.4) is 0 Å². The van der Waals surface area contributed by atoms with E-state index in [1.807, 2.05) is 0 Å². The highest BCUT2D eigenvalue weighted by Gasteiger charge is 2.14. The molecule has 0 bridgehead atoms. The van der Waals surface area contributed by atoms with Gasteiger partial charge in [0.15, 0.2) is 0 Å². The highest BCUT2D eigenvalue weighted by Crippen LogP contribution is 1.99. The van der Waals surface area contributed by atoms with Crippen molar-refractivity contribution >= 4 is 0 Å². The molecular formula is C11H24N2O3. The number of nitrogens with one attached hydrogen (secondary N) is 2. The van der Waals surface area contributed by atoms with Crippen LogP contribution in [0.1, 0.15) is 6.92 Å². The molecule has 0 aromatic carbocycles. The lowest BCUT2D eigenvalue weighted by Gasteiger charge is -2.25. The maximum atomic E-state index is 5.54. The third-order valence-electron chi connectivity index (χ3n) is 2.51. The molecule has 0 amide bonds. The molecule has 2 unspecified atom stereocenters. The van der Waals surface area contributed by atoms with Crippen molar-refractivity contribution in [2.75, 3.05) is 53.2 Å². The Morgan fingerprint density at radius 1 is 1.44 bits per heavy atom. The van der Waals surface area contributed by atoms with Crippen LogP contribution < -0.4 is 10.6 Å². The van der Waals surface area contributed by atoms with Crippen LogP contribution in [-0.2, 0) is 14.2 Å². The fourth-order valence-corrected chi connectivity index (χ4v) is 1.55. The summed E-state index contributed by atoms with van der Waals surface area (Å²) in [6.07, 6.45) is 0.204. The van der Waals surface area contributed by atoms with Gasteiger partial charge in [0.05, 0.1) is 32.5 Å². The van der Waals surface area contributed by atoms with Gasteiger partial charge in [-0.3, -0.25) is 0 Å². The molecule has 1 aliphatic rings. The molecule has 0 radical (unpaired) electrons. The number of methoxy groups -OCH3 is 1. The highest BCUT2D eigenvalue weighted by molar-refractivity contribution is 4.69. The van der Waals surface area contributed by atoms with Gasteiger partial charge in [0.2, 0.25) is 0 Å². The Morgan fingerprint density at radius 2 is 2.31 bits per heavy atom. The third-order valence-corrected chi connectivity index (χ3v) is 2.51. The van der Waals surface area contributed by atoms with E-state index in [9.17, 15) is 0 Å². The Morgan fingerprint density at radius 3 is 3.00 bits per heavy atom. The maximum Gasteiger partial charge on any atom is 0.0933 e. The molecule has 1 aliphatic heterocycles. The second-order valence-electron chi connectivity index (χ2n) is 4.07. The maximum absolute atomic E-state index is 5.54. The number of ether oxygens (including phenoxy) is 3. The number of hydrogen-bond donors (Lipinski definition) is 2. The Hall–Kier alpha value is -0.200. The lowest BCUT2D eigenvalue weighted by Crippen LogP contribution is -2.44. The zero-order valence-electron chi connectivity index (χ0n) is 10.3. The third kappa shape index (κ3) is 6.40. The van der Waals surface area contributed by atoms with Crippen molar-refractivity contribution in [2.45, 2.75) is 19.1 Å². The van der Waals surface area contributed by atoms with Crippen LogP contribution in [-0.4, -0.2) is 65.3 Å². The van der Waals surface area contributed by atoms with E-state index in [2.05, 4.69) is 17.6 Å². The fraction of sp³-hybridized carbons (Fsp3) is 1.00. The van der Waals surface area contributed by atoms with Gasteiger partial charge < -0.3 is 24.8 Å². The summed E-state index contributed by atoms with van der Waals surface area (Å²) in [6.45, 7) is 7.75. The summed E-state index contributed by atoms with van der Waals surface area (Å²) < 4.78 is 15.8. The van der Waals surface area contributed by atoms with Gasteiger partial charge in [-0.25, -0.2) is 0 Å². The molecule has 5 heteroatoms. The topological polar surface area (TPSA) is 51.8 Å². The van der Waals surface area contributed by atoms with Gasteiger partial charge in [0, 0.05) is 32.8 Å². The largest absolute Gasteiger partial charge is 0.383 e. The molecule has 1 rings (SSSR count). The van der Waals surface area contributed by atoms with Crippen LogP contribution in [0.4, 0.5) is 0 Å². The summed E-state index contributed by atoms with van der Waals surface area (Å²) >= 11 is 0. The van der Waals surface area contributed by atoms with Gasteiger partial charge in [0.25, 0.3) is 0 Å². The Kier molecular flexibility index (Phi) is 7.71. The summed E-state index contributed by atoms with van der Waals surface area (Å²) in [5.41, 5.74) is 0. The summed E-state index contributed by atoms with van der Waals surface area (Å²) in [5.74, 6) is 0. The van der Waals surface area contributed by atoms with E-state index in [-0.39, 0.29) is 6.10 Å². The van der Waals surface area contributed by atoms with Crippen molar-refractivity contribution in [3.05, 3.63) is 0 Å². The van der Waals surface area contributed by atoms with E-state index < -0.39 is 0 Å². The summed E-state index contributed by atoms with van der Waals surface area (Å²) in [4.78, 5) is 0. The lowest BCUT2D eigenvalue weighted by atomic mass is 10.3. The Balaban J connectivity index is 1.94. The van der Waals surface area contributed by atoms with E-state index in [4.69, 9.17) is 14.2 Å². The Bertz CT molecular complexity index is 163. The first kappa shape index (κ1) is 13.9. The molecule has 5 nitrogen and oxygen atoms in total. The van der Waals surface area contributed by atoms with Crippen LogP contribution in [0.15, 0.2) is 0 Å². The zero-order valence-corrected chi connectivity index (χ0v) is 10.3. The standard InChI is InChI=1S/C11H24N2O3/c1-10(7-12-3-4-14-2)13-8-11-9-15-5-6-16-11/h10-13H,3-9H2,1-2H3. The van der Waals surface area contributed by atoms with Gasteiger partial charge >= 0.3 is 0 Å². The first-order chi connectivity index (χ1) is 7.83. The van der Waals surface area contributed by atoms with Crippen molar-refractivity contribution in [1.82, 2.24) is 10.6 Å². The zero-order chi connectivity index (χ0) is 11.6. The molecule has 0 spiro atoms. The van der Waals surface area contributed by atoms with Crippen molar-refractivity contribution in [1.29, 1.82) is 0 Å². The van der Waals surface area contributed by atoms with E-state index >= 15 is 0 Å². The molecule has 0 saturated carbocycles. The van der Waals surface area contributed by atoms with Gasteiger partial charge in [-0.1, -0.05) is 0 Å². The summed E-state index contributed by atoms with van der Waals surface area (Å²) in [7, 11) is 1.71. The highest BCUT2D eigenvalue weighted by atomic mass is 16.6. The minimum Gasteiger partial charge on any atom is -0.383 e. The van der Waals surface area contributed by atoms with Crippen molar-refractivity contribution in [3.8, 4) is 0 Å². The number of hydrogen-bond acceptors (Lipinski definition) is 5. The quantitative estimate of drug-likeness (QED) is 0.559. The average Bonchev–Trinajstić information content (AvgIpc) is 2.33. The molecule has 2 atom stereocenters. The minimum atomic E-state index is 0.204. The van der Waals surface area contributed by atoms with E-state index in [0.717, 1.165) is 32.8 Å². The smallest absolute Gasteiger partial charge is 0.0933 e. The predicted octanol–water partition coefficient (Wildman–Crippen LogP) is -0.384. The van der Waals surface area contributed by atoms with E-state index in [1.165, 1.54) is 0 Å². The predicted molar refractivity (Wildman–Crippen MR) is 62.8 cm³/mol. The molecule has 96 valence electrons. The van der Waals surface area contributed by atoms with Crippen molar-refractivity contribution < 1.29 is 14.2 Å². The molecule has 0 aromatic rings. The van der Waals surface area contributed by atoms with Crippen LogP contribution in [0.5, 0.6) is 0 Å². The summed E-state index contributed by atoms with van der Waals surface area (Å²) in [6, 6.07) is 0.433. The minimum absolute atomic E-state index is 0.204. The second-order valence-corrected chi connectivity index (χ2v) is 4.07. The molecule has 0 aliphatic carbocycles. The molecule has 1 saturated heterocycles. The van der Waals surface area contributed by atoms with Crippen LogP contribution >= 0.6 is 0 Å². The molecule has 16 heavy (non-hydrogen) atoms. The first-order valence-electron chi connectivity index (χ1n) is 5.95. The molecule has 2 N–H and O–H groups in total. The first-order valence-corrected chi connectivity index (χ1v) is 5.95. The van der Waals surface area contributed by atoms with Crippen molar-refractivity contribution in [2.24, 2.45) is 0 Å². The van der Waals surface area contributed by atoms with Gasteiger partial charge in [-0.15, -0.1) is 0 Å². The SMILES string of the molecule is COCCNCC(C)NCC1COCCO1. The lowest BCUT2D eigenvalue weighted by molar-refractivity contribution is -0.0869. The average molecular weight is 232 g/mol. The second kappa shape index (κ2) is 8.90.